The van der Waals surface area contributed by atoms with E-state index in [9.17, 15) is 0 Å². The lowest BCUT2D eigenvalue weighted by Crippen LogP contribution is -2.18. The topological polar surface area (TPSA) is 42.2 Å². The van der Waals surface area contributed by atoms with Gasteiger partial charge in [0, 0.05) is 24.9 Å². The van der Waals surface area contributed by atoms with E-state index in [-0.39, 0.29) is 6.04 Å². The Kier molecular flexibility index (Phi) is 3.06. The van der Waals surface area contributed by atoms with E-state index in [1.54, 1.807) is 16.9 Å². The molecule has 1 N–H and O–H groups in total. The molecule has 2 rings (SSSR count). The van der Waals surface area contributed by atoms with Gasteiger partial charge < -0.3 is 5.32 Å². The van der Waals surface area contributed by atoms with Crippen molar-refractivity contribution < 1.29 is 0 Å². The summed E-state index contributed by atoms with van der Waals surface area (Å²) in [5.74, 6) is 3.50. The zero-order chi connectivity index (χ0) is 11.4. The van der Waals surface area contributed by atoms with Gasteiger partial charge in [0.05, 0.1) is 6.20 Å². The van der Waals surface area contributed by atoms with E-state index in [0.29, 0.717) is 6.42 Å². The van der Waals surface area contributed by atoms with Crippen LogP contribution in [0.2, 0.25) is 0 Å². The smallest absolute Gasteiger partial charge is 0.152 e. The second-order valence-corrected chi connectivity index (χ2v) is 3.59. The zero-order valence-electron chi connectivity index (χ0n) is 9.22. The van der Waals surface area contributed by atoms with Crippen LogP contribution in [0.3, 0.4) is 0 Å². The summed E-state index contributed by atoms with van der Waals surface area (Å²) in [6.07, 6.45) is 12.3. The van der Waals surface area contributed by atoms with Crippen LogP contribution in [0, 0.1) is 12.3 Å². The van der Waals surface area contributed by atoms with Crippen LogP contribution in [0.5, 0.6) is 0 Å². The van der Waals surface area contributed by atoms with Crippen LogP contribution < -0.4 is 5.32 Å². The molecule has 0 radical (unpaired) electrons. The van der Waals surface area contributed by atoms with Gasteiger partial charge in [-0.3, -0.25) is 0 Å². The van der Waals surface area contributed by atoms with Gasteiger partial charge in [-0.05, 0) is 12.5 Å². The predicted molar refractivity (Wildman–Crippen MR) is 64.1 cm³/mol. The minimum Gasteiger partial charge on any atom is -0.365 e. The van der Waals surface area contributed by atoms with Crippen molar-refractivity contribution in [2.24, 2.45) is 0 Å². The van der Waals surface area contributed by atoms with Crippen molar-refractivity contribution in [2.75, 3.05) is 5.32 Å². The SMILES string of the molecule is C#CCC(CC)Nc1nccn2nccc12. The van der Waals surface area contributed by atoms with Gasteiger partial charge in [0.15, 0.2) is 5.82 Å². The van der Waals surface area contributed by atoms with Crippen LogP contribution in [-0.4, -0.2) is 20.6 Å². The summed E-state index contributed by atoms with van der Waals surface area (Å²) in [6.45, 7) is 2.10. The maximum absolute atomic E-state index is 5.32. The predicted octanol–water partition coefficient (Wildman–Crippen LogP) is 1.94. The maximum Gasteiger partial charge on any atom is 0.152 e. The molecule has 0 aliphatic heterocycles. The van der Waals surface area contributed by atoms with Crippen molar-refractivity contribution in [3.63, 3.8) is 0 Å². The molecular formula is C12H14N4. The molecular weight excluding hydrogens is 200 g/mol. The number of anilines is 1. The van der Waals surface area contributed by atoms with Crippen LogP contribution >= 0.6 is 0 Å². The fourth-order valence-corrected chi connectivity index (χ4v) is 1.60. The number of fused-ring (bicyclic) bond motifs is 1. The first kappa shape index (κ1) is 10.5. The van der Waals surface area contributed by atoms with Gasteiger partial charge in [-0.1, -0.05) is 6.92 Å². The van der Waals surface area contributed by atoms with Gasteiger partial charge in [-0.15, -0.1) is 12.3 Å². The molecule has 82 valence electrons. The number of rotatable bonds is 4. The summed E-state index contributed by atoms with van der Waals surface area (Å²) in [5, 5.41) is 7.50. The number of nitrogens with zero attached hydrogens (tertiary/aromatic N) is 3. The van der Waals surface area contributed by atoms with Crippen molar-refractivity contribution in [1.82, 2.24) is 14.6 Å². The van der Waals surface area contributed by atoms with Crippen LogP contribution in [0.1, 0.15) is 19.8 Å². The molecule has 0 saturated carbocycles. The first-order valence-corrected chi connectivity index (χ1v) is 5.33. The number of nitrogens with one attached hydrogen (secondary N) is 1. The Labute approximate surface area is 94.7 Å². The van der Waals surface area contributed by atoms with Crippen molar-refractivity contribution in [1.29, 1.82) is 0 Å². The number of hydrogen-bond donors (Lipinski definition) is 1. The Morgan fingerprint density at radius 1 is 1.56 bits per heavy atom. The Morgan fingerprint density at radius 2 is 2.44 bits per heavy atom. The van der Waals surface area contributed by atoms with Gasteiger partial charge in [0.1, 0.15) is 5.52 Å². The first-order valence-electron chi connectivity index (χ1n) is 5.33. The second kappa shape index (κ2) is 4.67. The minimum absolute atomic E-state index is 0.263. The zero-order valence-corrected chi connectivity index (χ0v) is 9.22. The fraction of sp³-hybridized carbons (Fsp3) is 0.333. The molecule has 2 aromatic rings. The van der Waals surface area contributed by atoms with Crippen molar-refractivity contribution >= 4 is 11.3 Å². The highest BCUT2D eigenvalue weighted by molar-refractivity contribution is 5.67. The van der Waals surface area contributed by atoms with Gasteiger partial charge in [0.2, 0.25) is 0 Å². The number of terminal acetylenes is 1. The maximum atomic E-state index is 5.32. The average molecular weight is 214 g/mol. The molecule has 4 nitrogen and oxygen atoms in total. The Bertz CT molecular complexity index is 509. The fourth-order valence-electron chi connectivity index (χ4n) is 1.60. The van der Waals surface area contributed by atoms with Crippen LogP contribution in [0.4, 0.5) is 5.82 Å². The normalized spacial score (nSPS) is 12.2. The largest absolute Gasteiger partial charge is 0.365 e. The molecule has 16 heavy (non-hydrogen) atoms. The molecule has 0 amide bonds. The van der Waals surface area contributed by atoms with Crippen molar-refractivity contribution in [2.45, 2.75) is 25.8 Å². The van der Waals surface area contributed by atoms with E-state index in [4.69, 9.17) is 6.42 Å². The van der Waals surface area contributed by atoms with Gasteiger partial charge in [-0.25, -0.2) is 9.50 Å². The van der Waals surface area contributed by atoms with E-state index in [0.717, 1.165) is 17.8 Å². The molecule has 0 aliphatic carbocycles. The van der Waals surface area contributed by atoms with Crippen molar-refractivity contribution in [3.05, 3.63) is 24.7 Å². The summed E-state index contributed by atoms with van der Waals surface area (Å²) in [4.78, 5) is 4.31. The summed E-state index contributed by atoms with van der Waals surface area (Å²) in [5.41, 5.74) is 0.970. The molecule has 0 aromatic carbocycles. The molecule has 0 aliphatic rings. The van der Waals surface area contributed by atoms with E-state index < -0.39 is 0 Å². The molecule has 0 bridgehead atoms. The van der Waals surface area contributed by atoms with Crippen LogP contribution in [0.15, 0.2) is 24.7 Å². The highest BCUT2D eigenvalue weighted by Crippen LogP contribution is 2.15. The molecule has 0 spiro atoms. The van der Waals surface area contributed by atoms with Crippen LogP contribution in [-0.2, 0) is 0 Å². The van der Waals surface area contributed by atoms with Gasteiger partial charge in [0.25, 0.3) is 0 Å². The molecule has 2 heterocycles. The Balaban J connectivity index is 2.26. The van der Waals surface area contributed by atoms with E-state index in [1.807, 2.05) is 12.3 Å². The second-order valence-electron chi connectivity index (χ2n) is 3.59. The average Bonchev–Trinajstić information content (AvgIpc) is 2.77. The lowest BCUT2D eigenvalue weighted by Gasteiger charge is -2.15. The van der Waals surface area contributed by atoms with Crippen molar-refractivity contribution in [3.8, 4) is 12.3 Å². The van der Waals surface area contributed by atoms with Crippen LogP contribution in [0.25, 0.3) is 5.52 Å². The molecule has 1 atom stereocenters. The lowest BCUT2D eigenvalue weighted by atomic mass is 10.1. The molecule has 2 aromatic heterocycles. The Morgan fingerprint density at radius 3 is 3.19 bits per heavy atom. The monoisotopic (exact) mass is 214 g/mol. The highest BCUT2D eigenvalue weighted by Gasteiger charge is 2.08. The number of aromatic nitrogens is 3. The Hall–Kier alpha value is -2.02. The number of hydrogen-bond acceptors (Lipinski definition) is 3. The molecule has 1 unspecified atom stereocenters. The minimum atomic E-state index is 0.263. The third kappa shape index (κ3) is 1.98. The van der Waals surface area contributed by atoms with E-state index in [1.165, 1.54) is 0 Å². The first-order chi connectivity index (χ1) is 7.85. The van der Waals surface area contributed by atoms with Gasteiger partial charge >= 0.3 is 0 Å². The highest BCUT2D eigenvalue weighted by atomic mass is 15.2. The molecule has 0 saturated heterocycles. The lowest BCUT2D eigenvalue weighted by molar-refractivity contribution is 0.711. The summed E-state index contributed by atoms with van der Waals surface area (Å²) >= 11 is 0. The van der Waals surface area contributed by atoms with Gasteiger partial charge in [-0.2, -0.15) is 5.10 Å². The standard InChI is InChI=1S/C12H14N4/c1-3-5-10(4-2)15-12-11-6-7-14-16(11)9-8-13-12/h1,6-10H,4-5H2,2H3,(H,13,15). The quantitative estimate of drug-likeness (QED) is 0.791. The summed E-state index contributed by atoms with van der Waals surface area (Å²) in [7, 11) is 0. The third-order valence-electron chi connectivity index (χ3n) is 2.52. The molecule has 4 heteroatoms. The summed E-state index contributed by atoms with van der Waals surface area (Å²) < 4.78 is 1.79. The summed E-state index contributed by atoms with van der Waals surface area (Å²) in [6, 6.07) is 2.19. The van der Waals surface area contributed by atoms with E-state index >= 15 is 0 Å². The molecule has 0 fully saturated rings. The van der Waals surface area contributed by atoms with E-state index in [2.05, 4.69) is 28.2 Å². The third-order valence-corrected chi connectivity index (χ3v) is 2.52.